The zero-order valence-corrected chi connectivity index (χ0v) is 16.4. The molecule has 2 aromatic carbocycles. The summed E-state index contributed by atoms with van der Waals surface area (Å²) in [6, 6.07) is 21.6. The van der Waals surface area contributed by atoms with Crippen molar-refractivity contribution in [3.05, 3.63) is 71.8 Å². The Morgan fingerprint density at radius 1 is 0.615 bits per heavy atom. The van der Waals surface area contributed by atoms with Gasteiger partial charge in [-0.2, -0.15) is 0 Å². The highest BCUT2D eigenvalue weighted by Gasteiger charge is 2.14. The first kappa shape index (κ1) is 20.7. The standard InChI is InChI=1S/C25H36O/c1-2-3-4-5-6-13-19-24(26)20-14-21-25(22-15-9-7-10-16-22)23-17-11-8-12-18-23/h7-12,15-18,24-26H,2-6,13-14,19-21H2,1H3. The fourth-order valence-electron chi connectivity index (χ4n) is 3.76. The van der Waals surface area contributed by atoms with Crippen LogP contribution in [0.4, 0.5) is 0 Å². The Bertz CT molecular complexity index is 524. The minimum atomic E-state index is -0.131. The third kappa shape index (κ3) is 7.74. The molecule has 142 valence electrons. The molecular weight excluding hydrogens is 316 g/mol. The third-order valence-corrected chi connectivity index (χ3v) is 5.32. The van der Waals surface area contributed by atoms with Crippen LogP contribution in [0.3, 0.4) is 0 Å². The van der Waals surface area contributed by atoms with Gasteiger partial charge in [0.2, 0.25) is 0 Å². The molecule has 2 aromatic rings. The molecule has 0 bridgehead atoms. The third-order valence-electron chi connectivity index (χ3n) is 5.32. The molecule has 0 radical (unpaired) electrons. The summed E-state index contributed by atoms with van der Waals surface area (Å²) in [5, 5.41) is 10.3. The van der Waals surface area contributed by atoms with Crippen LogP contribution in [0.2, 0.25) is 0 Å². The number of aliphatic hydroxyl groups is 1. The van der Waals surface area contributed by atoms with Crippen LogP contribution in [0, 0.1) is 0 Å². The van der Waals surface area contributed by atoms with E-state index in [1.165, 1.54) is 49.7 Å². The summed E-state index contributed by atoms with van der Waals surface area (Å²) in [5.74, 6) is 0.429. The lowest BCUT2D eigenvalue weighted by molar-refractivity contribution is 0.147. The monoisotopic (exact) mass is 352 g/mol. The lowest BCUT2D eigenvalue weighted by Gasteiger charge is -2.19. The molecule has 0 spiro atoms. The van der Waals surface area contributed by atoms with Crippen LogP contribution in [0.5, 0.6) is 0 Å². The average molecular weight is 353 g/mol. The molecule has 0 aromatic heterocycles. The van der Waals surface area contributed by atoms with Crippen LogP contribution in [0.15, 0.2) is 60.7 Å². The SMILES string of the molecule is CCCCCCCCC(O)CCCC(c1ccccc1)c1ccccc1. The molecular formula is C25H36O. The van der Waals surface area contributed by atoms with Gasteiger partial charge in [-0.05, 0) is 36.8 Å². The maximum atomic E-state index is 10.3. The first-order valence-electron chi connectivity index (χ1n) is 10.6. The van der Waals surface area contributed by atoms with Crippen molar-refractivity contribution in [2.24, 2.45) is 0 Å². The highest BCUT2D eigenvalue weighted by molar-refractivity contribution is 5.32. The molecule has 1 N–H and O–H groups in total. The highest BCUT2D eigenvalue weighted by Crippen LogP contribution is 2.30. The average Bonchev–Trinajstić information content (AvgIpc) is 2.69. The molecule has 0 aliphatic carbocycles. The largest absolute Gasteiger partial charge is 0.393 e. The van der Waals surface area contributed by atoms with Crippen LogP contribution in [0.1, 0.15) is 88.2 Å². The van der Waals surface area contributed by atoms with Crippen LogP contribution >= 0.6 is 0 Å². The van der Waals surface area contributed by atoms with Crippen molar-refractivity contribution < 1.29 is 5.11 Å². The number of aliphatic hydroxyl groups excluding tert-OH is 1. The van der Waals surface area contributed by atoms with Crippen molar-refractivity contribution in [1.82, 2.24) is 0 Å². The van der Waals surface area contributed by atoms with Crippen molar-refractivity contribution >= 4 is 0 Å². The predicted molar refractivity (Wildman–Crippen MR) is 113 cm³/mol. The smallest absolute Gasteiger partial charge is 0.0540 e. The Hall–Kier alpha value is -1.60. The molecule has 0 aliphatic heterocycles. The summed E-state index contributed by atoms with van der Waals surface area (Å²) in [7, 11) is 0. The summed E-state index contributed by atoms with van der Waals surface area (Å²) in [6.07, 6.45) is 11.7. The number of unbranched alkanes of at least 4 members (excludes halogenated alkanes) is 5. The normalized spacial score (nSPS) is 12.4. The van der Waals surface area contributed by atoms with Gasteiger partial charge >= 0.3 is 0 Å². The van der Waals surface area contributed by atoms with Gasteiger partial charge in [0.15, 0.2) is 0 Å². The van der Waals surface area contributed by atoms with Crippen LogP contribution < -0.4 is 0 Å². The van der Waals surface area contributed by atoms with E-state index in [-0.39, 0.29) is 6.10 Å². The fourth-order valence-corrected chi connectivity index (χ4v) is 3.76. The van der Waals surface area contributed by atoms with E-state index in [2.05, 4.69) is 67.6 Å². The molecule has 1 heteroatoms. The molecule has 1 atom stereocenters. The molecule has 0 amide bonds. The van der Waals surface area contributed by atoms with Crippen molar-refractivity contribution in [1.29, 1.82) is 0 Å². The van der Waals surface area contributed by atoms with E-state index in [0.29, 0.717) is 5.92 Å². The van der Waals surface area contributed by atoms with Crippen molar-refractivity contribution in [3.63, 3.8) is 0 Å². The Kier molecular flexibility index (Phi) is 10.1. The van der Waals surface area contributed by atoms with Gasteiger partial charge in [-0.15, -0.1) is 0 Å². The minimum Gasteiger partial charge on any atom is -0.393 e. The van der Waals surface area contributed by atoms with Gasteiger partial charge in [0.05, 0.1) is 6.10 Å². The van der Waals surface area contributed by atoms with Crippen molar-refractivity contribution in [3.8, 4) is 0 Å². The second-order valence-electron chi connectivity index (χ2n) is 7.52. The summed E-state index contributed by atoms with van der Waals surface area (Å²) in [4.78, 5) is 0. The van der Waals surface area contributed by atoms with Crippen molar-refractivity contribution in [2.75, 3.05) is 0 Å². The van der Waals surface area contributed by atoms with E-state index >= 15 is 0 Å². The highest BCUT2D eigenvalue weighted by atomic mass is 16.3. The molecule has 26 heavy (non-hydrogen) atoms. The van der Waals surface area contributed by atoms with Gasteiger partial charge in [0.25, 0.3) is 0 Å². The fraction of sp³-hybridized carbons (Fsp3) is 0.520. The molecule has 0 saturated carbocycles. The summed E-state index contributed by atoms with van der Waals surface area (Å²) in [5.41, 5.74) is 2.76. The quantitative estimate of drug-likeness (QED) is 0.381. The summed E-state index contributed by atoms with van der Waals surface area (Å²) >= 11 is 0. The topological polar surface area (TPSA) is 20.2 Å². The van der Waals surface area contributed by atoms with Crippen LogP contribution in [-0.2, 0) is 0 Å². The molecule has 0 saturated heterocycles. The second-order valence-corrected chi connectivity index (χ2v) is 7.52. The zero-order valence-electron chi connectivity index (χ0n) is 16.4. The predicted octanol–water partition coefficient (Wildman–Crippen LogP) is 7.10. The number of hydrogen-bond donors (Lipinski definition) is 1. The maximum absolute atomic E-state index is 10.3. The van der Waals surface area contributed by atoms with E-state index in [0.717, 1.165) is 25.7 Å². The lowest BCUT2D eigenvalue weighted by atomic mass is 9.86. The summed E-state index contributed by atoms with van der Waals surface area (Å²) < 4.78 is 0. The molecule has 0 fully saturated rings. The molecule has 0 heterocycles. The van der Waals surface area contributed by atoms with Gasteiger partial charge < -0.3 is 5.11 Å². The zero-order chi connectivity index (χ0) is 18.5. The molecule has 1 unspecified atom stereocenters. The van der Waals surface area contributed by atoms with E-state index in [4.69, 9.17) is 0 Å². The molecule has 0 aliphatic rings. The van der Waals surface area contributed by atoms with E-state index in [9.17, 15) is 5.11 Å². The van der Waals surface area contributed by atoms with E-state index in [1.807, 2.05) is 0 Å². The van der Waals surface area contributed by atoms with Gasteiger partial charge in [-0.25, -0.2) is 0 Å². The summed E-state index contributed by atoms with van der Waals surface area (Å²) in [6.45, 7) is 2.25. The van der Waals surface area contributed by atoms with Gasteiger partial charge in [-0.1, -0.05) is 106 Å². The number of hydrogen-bond acceptors (Lipinski definition) is 1. The minimum absolute atomic E-state index is 0.131. The lowest BCUT2D eigenvalue weighted by Crippen LogP contribution is -2.08. The Labute approximate surface area is 160 Å². The maximum Gasteiger partial charge on any atom is 0.0540 e. The van der Waals surface area contributed by atoms with Crippen LogP contribution in [0.25, 0.3) is 0 Å². The number of rotatable bonds is 13. The molecule has 2 rings (SSSR count). The molecule has 1 nitrogen and oxygen atoms in total. The van der Waals surface area contributed by atoms with Gasteiger partial charge in [0, 0.05) is 5.92 Å². The first-order valence-corrected chi connectivity index (χ1v) is 10.6. The van der Waals surface area contributed by atoms with E-state index < -0.39 is 0 Å². The van der Waals surface area contributed by atoms with Crippen LogP contribution in [-0.4, -0.2) is 11.2 Å². The Morgan fingerprint density at radius 2 is 1.12 bits per heavy atom. The first-order chi connectivity index (χ1) is 12.8. The van der Waals surface area contributed by atoms with Gasteiger partial charge in [-0.3, -0.25) is 0 Å². The Balaban J connectivity index is 1.75. The van der Waals surface area contributed by atoms with Crippen molar-refractivity contribution in [2.45, 2.75) is 83.2 Å². The number of benzene rings is 2. The Morgan fingerprint density at radius 3 is 1.69 bits per heavy atom. The van der Waals surface area contributed by atoms with E-state index in [1.54, 1.807) is 0 Å². The second kappa shape index (κ2) is 12.7. The van der Waals surface area contributed by atoms with Gasteiger partial charge in [0.1, 0.15) is 0 Å².